The third-order valence-corrected chi connectivity index (χ3v) is 3.83. The van der Waals surface area contributed by atoms with Gasteiger partial charge in [-0.2, -0.15) is 11.8 Å². The zero-order valence-electron chi connectivity index (χ0n) is 8.71. The molecule has 0 radical (unpaired) electrons. The van der Waals surface area contributed by atoms with Gasteiger partial charge in [0.05, 0.1) is 0 Å². The van der Waals surface area contributed by atoms with Gasteiger partial charge in [-0.1, -0.05) is 12.1 Å². The highest BCUT2D eigenvalue weighted by Gasteiger charge is 2.13. The zero-order valence-corrected chi connectivity index (χ0v) is 9.52. The fraction of sp³-hybridized carbons (Fsp3) is 0.500. The van der Waals surface area contributed by atoms with Crippen molar-refractivity contribution in [3.8, 4) is 0 Å². The highest BCUT2D eigenvalue weighted by atomic mass is 32.2. The molecule has 1 heterocycles. The van der Waals surface area contributed by atoms with Crippen LogP contribution >= 0.6 is 11.8 Å². The van der Waals surface area contributed by atoms with E-state index in [4.69, 9.17) is 0 Å². The van der Waals surface area contributed by atoms with Crippen molar-refractivity contribution in [3.05, 3.63) is 35.6 Å². The van der Waals surface area contributed by atoms with Gasteiger partial charge < -0.3 is 5.32 Å². The van der Waals surface area contributed by atoms with Gasteiger partial charge in [0.1, 0.15) is 5.82 Å². The van der Waals surface area contributed by atoms with Crippen LogP contribution in [0.1, 0.15) is 12.0 Å². The Labute approximate surface area is 94.5 Å². The number of benzene rings is 1. The average Bonchev–Trinajstić information content (AvgIpc) is 2.71. The normalized spacial score (nSPS) is 20.7. The van der Waals surface area contributed by atoms with Crippen LogP contribution in [-0.4, -0.2) is 24.1 Å². The van der Waals surface area contributed by atoms with E-state index in [0.717, 1.165) is 18.5 Å². The first-order valence-corrected chi connectivity index (χ1v) is 6.55. The summed E-state index contributed by atoms with van der Waals surface area (Å²) in [6.45, 7) is 0.953. The molecule has 1 aromatic carbocycles. The van der Waals surface area contributed by atoms with Gasteiger partial charge in [0.2, 0.25) is 0 Å². The lowest BCUT2D eigenvalue weighted by molar-refractivity contribution is 0.559. The summed E-state index contributed by atoms with van der Waals surface area (Å²) in [5.74, 6) is 2.37. The summed E-state index contributed by atoms with van der Waals surface area (Å²) in [5.41, 5.74) is 1.08. The highest BCUT2D eigenvalue weighted by Crippen LogP contribution is 2.16. The molecule has 1 saturated heterocycles. The van der Waals surface area contributed by atoms with Crippen LogP contribution in [0.3, 0.4) is 0 Å². The molecular formula is C12H16FNS. The minimum atomic E-state index is -0.135. The third-order valence-electron chi connectivity index (χ3n) is 2.67. The van der Waals surface area contributed by atoms with Crippen molar-refractivity contribution in [2.45, 2.75) is 18.9 Å². The molecule has 1 aliphatic heterocycles. The summed E-state index contributed by atoms with van der Waals surface area (Å²) < 4.78 is 12.9. The summed E-state index contributed by atoms with van der Waals surface area (Å²) in [7, 11) is 0. The first-order chi connectivity index (χ1) is 7.34. The van der Waals surface area contributed by atoms with Crippen LogP contribution in [0.15, 0.2) is 24.3 Å². The van der Waals surface area contributed by atoms with Gasteiger partial charge in [0.15, 0.2) is 0 Å². The van der Waals surface area contributed by atoms with Crippen LogP contribution in [-0.2, 0) is 6.42 Å². The Bertz CT molecular complexity index is 310. The molecule has 0 amide bonds. The van der Waals surface area contributed by atoms with Crippen LogP contribution in [0.4, 0.5) is 4.39 Å². The maximum Gasteiger partial charge on any atom is 0.123 e. The predicted octanol–water partition coefficient (Wildman–Crippen LogP) is 2.46. The van der Waals surface area contributed by atoms with E-state index in [1.165, 1.54) is 24.0 Å². The molecule has 1 aliphatic rings. The highest BCUT2D eigenvalue weighted by molar-refractivity contribution is 7.99. The van der Waals surface area contributed by atoms with E-state index in [1.807, 2.05) is 17.8 Å². The Morgan fingerprint density at radius 3 is 3.13 bits per heavy atom. The number of nitrogens with one attached hydrogen (secondary N) is 1. The Balaban J connectivity index is 1.73. The molecule has 3 heteroatoms. The van der Waals surface area contributed by atoms with Crippen LogP contribution in [0, 0.1) is 5.82 Å². The maximum atomic E-state index is 12.9. The van der Waals surface area contributed by atoms with Crippen molar-refractivity contribution in [2.24, 2.45) is 0 Å². The van der Waals surface area contributed by atoms with Gasteiger partial charge in [-0.05, 0) is 42.8 Å². The third kappa shape index (κ3) is 3.50. The molecule has 1 fully saturated rings. The van der Waals surface area contributed by atoms with Crippen molar-refractivity contribution >= 4 is 11.8 Å². The molecule has 1 N–H and O–H groups in total. The Hall–Kier alpha value is -0.540. The summed E-state index contributed by atoms with van der Waals surface area (Å²) in [4.78, 5) is 0. The van der Waals surface area contributed by atoms with Crippen LogP contribution in [0.2, 0.25) is 0 Å². The van der Waals surface area contributed by atoms with Gasteiger partial charge in [-0.3, -0.25) is 0 Å². The van der Waals surface area contributed by atoms with E-state index < -0.39 is 0 Å². The van der Waals surface area contributed by atoms with Crippen molar-refractivity contribution in [2.75, 3.05) is 18.1 Å². The molecule has 1 atom stereocenters. The number of rotatable bonds is 4. The minimum absolute atomic E-state index is 0.135. The largest absolute Gasteiger partial charge is 0.313 e. The fourth-order valence-corrected chi connectivity index (χ4v) is 3.00. The first-order valence-electron chi connectivity index (χ1n) is 5.40. The van der Waals surface area contributed by atoms with Gasteiger partial charge in [0, 0.05) is 11.8 Å². The Kier molecular flexibility index (Phi) is 4.03. The van der Waals surface area contributed by atoms with E-state index >= 15 is 0 Å². The molecule has 0 saturated carbocycles. The molecule has 0 aromatic heterocycles. The maximum absolute atomic E-state index is 12.9. The predicted molar refractivity (Wildman–Crippen MR) is 63.8 cm³/mol. The summed E-state index contributed by atoms with van der Waals surface area (Å²) in [6, 6.07) is 7.53. The SMILES string of the molecule is Fc1cccc(CCNC2CCSC2)c1. The summed E-state index contributed by atoms with van der Waals surface area (Å²) >= 11 is 2.01. The Morgan fingerprint density at radius 2 is 2.40 bits per heavy atom. The monoisotopic (exact) mass is 225 g/mol. The molecule has 0 spiro atoms. The van der Waals surface area contributed by atoms with Crippen molar-refractivity contribution in [3.63, 3.8) is 0 Å². The van der Waals surface area contributed by atoms with E-state index in [-0.39, 0.29) is 5.82 Å². The summed E-state index contributed by atoms with van der Waals surface area (Å²) in [6.07, 6.45) is 2.19. The average molecular weight is 225 g/mol. The molecule has 1 nitrogen and oxygen atoms in total. The smallest absolute Gasteiger partial charge is 0.123 e. The van der Waals surface area contributed by atoms with Crippen molar-refractivity contribution < 1.29 is 4.39 Å². The molecule has 2 rings (SSSR count). The molecular weight excluding hydrogens is 209 g/mol. The minimum Gasteiger partial charge on any atom is -0.313 e. The van der Waals surface area contributed by atoms with E-state index in [9.17, 15) is 4.39 Å². The lowest BCUT2D eigenvalue weighted by atomic mass is 10.1. The Morgan fingerprint density at radius 1 is 1.47 bits per heavy atom. The molecule has 0 bridgehead atoms. The van der Waals surface area contributed by atoms with Crippen LogP contribution in [0.5, 0.6) is 0 Å². The van der Waals surface area contributed by atoms with Crippen molar-refractivity contribution in [1.82, 2.24) is 5.32 Å². The lowest BCUT2D eigenvalue weighted by Gasteiger charge is -2.10. The van der Waals surface area contributed by atoms with E-state index in [1.54, 1.807) is 12.1 Å². The van der Waals surface area contributed by atoms with Crippen molar-refractivity contribution in [1.29, 1.82) is 0 Å². The number of thioether (sulfide) groups is 1. The fourth-order valence-electron chi connectivity index (χ4n) is 1.81. The molecule has 0 aliphatic carbocycles. The van der Waals surface area contributed by atoms with Gasteiger partial charge >= 0.3 is 0 Å². The summed E-state index contributed by atoms with van der Waals surface area (Å²) in [5, 5.41) is 3.51. The topological polar surface area (TPSA) is 12.0 Å². The number of halogens is 1. The van der Waals surface area contributed by atoms with Crippen LogP contribution < -0.4 is 5.32 Å². The van der Waals surface area contributed by atoms with Crippen LogP contribution in [0.25, 0.3) is 0 Å². The van der Waals surface area contributed by atoms with E-state index in [2.05, 4.69) is 5.32 Å². The van der Waals surface area contributed by atoms with E-state index in [0.29, 0.717) is 6.04 Å². The van der Waals surface area contributed by atoms with Gasteiger partial charge in [0.25, 0.3) is 0 Å². The number of hydrogen-bond donors (Lipinski definition) is 1. The second-order valence-corrected chi connectivity index (χ2v) is 5.04. The number of hydrogen-bond acceptors (Lipinski definition) is 2. The van der Waals surface area contributed by atoms with Gasteiger partial charge in [-0.15, -0.1) is 0 Å². The standard InChI is InChI=1S/C12H16FNS/c13-11-3-1-2-10(8-11)4-6-14-12-5-7-15-9-12/h1-3,8,12,14H,4-7,9H2. The first kappa shape index (κ1) is 11.0. The molecule has 1 unspecified atom stereocenters. The second-order valence-electron chi connectivity index (χ2n) is 3.89. The molecule has 82 valence electrons. The van der Waals surface area contributed by atoms with Gasteiger partial charge in [-0.25, -0.2) is 4.39 Å². The quantitative estimate of drug-likeness (QED) is 0.845. The zero-order chi connectivity index (χ0) is 10.5. The molecule has 1 aromatic rings. The molecule has 15 heavy (non-hydrogen) atoms. The lowest BCUT2D eigenvalue weighted by Crippen LogP contribution is -2.30. The second kappa shape index (κ2) is 5.52.